The van der Waals surface area contributed by atoms with Crippen molar-refractivity contribution in [3.8, 4) is 17.2 Å². The van der Waals surface area contributed by atoms with Gasteiger partial charge in [0.15, 0.2) is 0 Å². The molecule has 4 nitrogen and oxygen atoms in total. The van der Waals surface area contributed by atoms with Gasteiger partial charge < -0.3 is 14.6 Å². The molecule has 1 N–H and O–H groups in total. The smallest absolute Gasteiger partial charge is 0.335 e. The van der Waals surface area contributed by atoms with Crippen molar-refractivity contribution >= 4 is 16.7 Å². The van der Waals surface area contributed by atoms with Crippen molar-refractivity contribution in [1.29, 1.82) is 0 Å². The zero-order valence-electron chi connectivity index (χ0n) is 11.9. The lowest BCUT2D eigenvalue weighted by Crippen LogP contribution is -1.96. The highest BCUT2D eigenvalue weighted by atomic mass is 16.5. The van der Waals surface area contributed by atoms with Gasteiger partial charge in [-0.05, 0) is 47.9 Å². The maximum absolute atomic E-state index is 11.0. The van der Waals surface area contributed by atoms with E-state index in [4.69, 9.17) is 14.6 Å². The molecule has 0 bridgehead atoms. The van der Waals surface area contributed by atoms with Crippen LogP contribution in [0.25, 0.3) is 10.8 Å². The monoisotopic (exact) mass is 294 g/mol. The lowest BCUT2D eigenvalue weighted by molar-refractivity contribution is 0.0696. The Hall–Kier alpha value is -3.01. The minimum Gasteiger partial charge on any atom is -0.497 e. The number of hydrogen-bond acceptors (Lipinski definition) is 3. The van der Waals surface area contributed by atoms with E-state index < -0.39 is 5.97 Å². The van der Waals surface area contributed by atoms with Crippen LogP contribution in [0.3, 0.4) is 0 Å². The molecule has 0 spiro atoms. The van der Waals surface area contributed by atoms with E-state index in [9.17, 15) is 4.79 Å². The SMILES string of the molecule is COc1ccc2c(Oc3cccc(C(=O)O)c3)cccc2c1. The molecule has 0 aliphatic rings. The molecular weight excluding hydrogens is 280 g/mol. The van der Waals surface area contributed by atoms with Crippen LogP contribution in [0.2, 0.25) is 0 Å². The van der Waals surface area contributed by atoms with E-state index in [1.54, 1.807) is 19.2 Å². The van der Waals surface area contributed by atoms with Gasteiger partial charge in [0, 0.05) is 5.39 Å². The van der Waals surface area contributed by atoms with Gasteiger partial charge in [0.2, 0.25) is 0 Å². The lowest BCUT2D eigenvalue weighted by Gasteiger charge is -2.10. The van der Waals surface area contributed by atoms with Crippen molar-refractivity contribution in [2.75, 3.05) is 7.11 Å². The fourth-order valence-electron chi connectivity index (χ4n) is 2.27. The quantitative estimate of drug-likeness (QED) is 0.777. The first-order valence-corrected chi connectivity index (χ1v) is 6.75. The van der Waals surface area contributed by atoms with Crippen LogP contribution >= 0.6 is 0 Å². The van der Waals surface area contributed by atoms with Gasteiger partial charge in [-0.1, -0.05) is 18.2 Å². The molecule has 0 atom stereocenters. The minimum atomic E-state index is -0.979. The van der Waals surface area contributed by atoms with Gasteiger partial charge >= 0.3 is 5.97 Å². The summed E-state index contributed by atoms with van der Waals surface area (Å²) < 4.78 is 11.1. The Morgan fingerprint density at radius 1 is 0.955 bits per heavy atom. The number of ether oxygens (including phenoxy) is 2. The maximum atomic E-state index is 11.0. The number of hydrogen-bond donors (Lipinski definition) is 1. The number of benzene rings is 3. The summed E-state index contributed by atoms with van der Waals surface area (Å²) in [5, 5.41) is 11.0. The Morgan fingerprint density at radius 2 is 1.77 bits per heavy atom. The summed E-state index contributed by atoms with van der Waals surface area (Å²) in [5.41, 5.74) is 0.194. The zero-order chi connectivity index (χ0) is 15.5. The highest BCUT2D eigenvalue weighted by Gasteiger charge is 2.07. The number of carboxylic acids is 1. The molecule has 0 radical (unpaired) electrons. The van der Waals surface area contributed by atoms with Crippen LogP contribution in [-0.4, -0.2) is 18.2 Å². The van der Waals surface area contributed by atoms with Gasteiger partial charge in [-0.2, -0.15) is 0 Å². The number of carboxylic acid groups (broad SMARTS) is 1. The molecule has 0 aromatic heterocycles. The third-order valence-corrected chi connectivity index (χ3v) is 3.36. The number of methoxy groups -OCH3 is 1. The predicted octanol–water partition coefficient (Wildman–Crippen LogP) is 4.34. The van der Waals surface area contributed by atoms with E-state index in [0.29, 0.717) is 11.5 Å². The molecule has 4 heteroatoms. The predicted molar refractivity (Wildman–Crippen MR) is 84.0 cm³/mol. The van der Waals surface area contributed by atoms with Crippen LogP contribution in [0.4, 0.5) is 0 Å². The highest BCUT2D eigenvalue weighted by Crippen LogP contribution is 2.32. The summed E-state index contributed by atoms with van der Waals surface area (Å²) >= 11 is 0. The minimum absolute atomic E-state index is 0.194. The van der Waals surface area contributed by atoms with Crippen molar-refractivity contribution < 1.29 is 19.4 Å². The van der Waals surface area contributed by atoms with Crippen molar-refractivity contribution in [1.82, 2.24) is 0 Å². The molecule has 3 rings (SSSR count). The largest absolute Gasteiger partial charge is 0.497 e. The Bertz CT molecular complexity index is 839. The Kier molecular flexibility index (Phi) is 3.66. The Labute approximate surface area is 127 Å². The summed E-state index contributed by atoms with van der Waals surface area (Å²) in [7, 11) is 1.62. The van der Waals surface area contributed by atoms with Gasteiger partial charge in [0.05, 0.1) is 12.7 Å². The zero-order valence-corrected chi connectivity index (χ0v) is 11.9. The molecule has 0 heterocycles. The maximum Gasteiger partial charge on any atom is 0.335 e. The molecule has 110 valence electrons. The number of fused-ring (bicyclic) bond motifs is 1. The second-order valence-electron chi connectivity index (χ2n) is 4.78. The standard InChI is InChI=1S/C18H14O4/c1-21-14-8-9-16-12(10-14)4-3-7-17(16)22-15-6-2-5-13(11-15)18(19)20/h2-11H,1H3,(H,19,20). The van der Waals surface area contributed by atoms with Gasteiger partial charge in [0.1, 0.15) is 17.2 Å². The van der Waals surface area contributed by atoms with Crippen LogP contribution in [-0.2, 0) is 0 Å². The van der Waals surface area contributed by atoms with Gasteiger partial charge in [-0.3, -0.25) is 0 Å². The summed E-state index contributed by atoms with van der Waals surface area (Å²) in [4.78, 5) is 11.0. The normalized spacial score (nSPS) is 10.4. The topological polar surface area (TPSA) is 55.8 Å². The van der Waals surface area contributed by atoms with Crippen molar-refractivity contribution in [3.05, 3.63) is 66.2 Å². The third kappa shape index (κ3) is 2.72. The molecule has 0 aliphatic heterocycles. The average Bonchev–Trinajstić information content (AvgIpc) is 2.55. The molecule has 3 aromatic rings. The third-order valence-electron chi connectivity index (χ3n) is 3.36. The summed E-state index contributed by atoms with van der Waals surface area (Å²) in [5.74, 6) is 0.955. The first-order valence-electron chi connectivity index (χ1n) is 6.75. The number of aromatic carboxylic acids is 1. The van der Waals surface area contributed by atoms with Gasteiger partial charge in [-0.15, -0.1) is 0 Å². The molecular formula is C18H14O4. The summed E-state index contributed by atoms with van der Waals surface area (Å²) in [6, 6.07) is 17.8. The Balaban J connectivity index is 2.00. The first-order chi connectivity index (χ1) is 10.7. The van der Waals surface area contributed by atoms with E-state index >= 15 is 0 Å². The van der Waals surface area contributed by atoms with Crippen LogP contribution in [0, 0.1) is 0 Å². The van der Waals surface area contributed by atoms with Crippen LogP contribution in [0.15, 0.2) is 60.7 Å². The van der Waals surface area contributed by atoms with Gasteiger partial charge in [-0.25, -0.2) is 4.79 Å². The van der Waals surface area contributed by atoms with Crippen molar-refractivity contribution in [2.24, 2.45) is 0 Å². The van der Waals surface area contributed by atoms with Crippen LogP contribution in [0.1, 0.15) is 10.4 Å². The molecule has 3 aromatic carbocycles. The highest BCUT2D eigenvalue weighted by molar-refractivity contribution is 5.90. The van der Waals surface area contributed by atoms with Crippen LogP contribution in [0.5, 0.6) is 17.2 Å². The second-order valence-corrected chi connectivity index (χ2v) is 4.78. The molecule has 0 unspecified atom stereocenters. The fourth-order valence-corrected chi connectivity index (χ4v) is 2.27. The molecule has 22 heavy (non-hydrogen) atoms. The van der Waals surface area contributed by atoms with E-state index in [1.165, 1.54) is 12.1 Å². The second kappa shape index (κ2) is 5.77. The van der Waals surface area contributed by atoms with E-state index in [1.807, 2.05) is 36.4 Å². The molecule has 0 saturated carbocycles. The van der Waals surface area contributed by atoms with Gasteiger partial charge in [0.25, 0.3) is 0 Å². The molecule has 0 amide bonds. The van der Waals surface area contributed by atoms with E-state index in [-0.39, 0.29) is 5.56 Å². The lowest BCUT2D eigenvalue weighted by atomic mass is 10.1. The number of rotatable bonds is 4. The van der Waals surface area contributed by atoms with Crippen LogP contribution < -0.4 is 9.47 Å². The Morgan fingerprint density at radius 3 is 2.55 bits per heavy atom. The van der Waals surface area contributed by atoms with Crippen molar-refractivity contribution in [3.63, 3.8) is 0 Å². The molecule has 0 saturated heterocycles. The number of carbonyl (C=O) groups is 1. The summed E-state index contributed by atoms with van der Waals surface area (Å²) in [6.07, 6.45) is 0. The van der Waals surface area contributed by atoms with E-state index in [0.717, 1.165) is 16.5 Å². The summed E-state index contributed by atoms with van der Waals surface area (Å²) in [6.45, 7) is 0. The van der Waals surface area contributed by atoms with E-state index in [2.05, 4.69) is 0 Å². The molecule has 0 fully saturated rings. The first kappa shape index (κ1) is 13.9. The fraction of sp³-hybridized carbons (Fsp3) is 0.0556. The van der Waals surface area contributed by atoms with Crippen molar-refractivity contribution in [2.45, 2.75) is 0 Å². The molecule has 0 aliphatic carbocycles. The average molecular weight is 294 g/mol.